The lowest BCUT2D eigenvalue weighted by molar-refractivity contribution is -0.154. The van der Waals surface area contributed by atoms with Gasteiger partial charge < -0.3 is 20.6 Å². The van der Waals surface area contributed by atoms with Crippen molar-refractivity contribution in [3.05, 3.63) is 137 Å². The first kappa shape index (κ1) is 34.6. The molecule has 4 aromatic rings. The van der Waals surface area contributed by atoms with Gasteiger partial charge in [0.25, 0.3) is 11.8 Å². The zero-order valence-corrected chi connectivity index (χ0v) is 28.9. The Labute approximate surface area is 300 Å². The van der Waals surface area contributed by atoms with Crippen LogP contribution in [0.25, 0.3) is 6.08 Å². The third-order valence-electron chi connectivity index (χ3n) is 7.45. The maximum absolute atomic E-state index is 14.2. The van der Waals surface area contributed by atoms with Crippen LogP contribution < -0.4 is 11.1 Å². The van der Waals surface area contributed by atoms with Gasteiger partial charge in [0.1, 0.15) is 23.7 Å². The minimum Gasteiger partial charge on any atom is -0.448 e. The van der Waals surface area contributed by atoms with Gasteiger partial charge in [0.15, 0.2) is 11.2 Å². The summed E-state index contributed by atoms with van der Waals surface area (Å²) in [5, 5.41) is 8.07. The normalized spacial score (nSPS) is 17.3. The van der Waals surface area contributed by atoms with E-state index in [0.717, 1.165) is 33.9 Å². The van der Waals surface area contributed by atoms with Crippen LogP contribution in [0.5, 0.6) is 0 Å². The van der Waals surface area contributed by atoms with Gasteiger partial charge in [0, 0.05) is 29.2 Å². The number of carbonyl (C=O) groups is 3. The highest BCUT2D eigenvalue weighted by molar-refractivity contribution is 8.02. The number of hydrogen-bond donors (Lipinski definition) is 2. The summed E-state index contributed by atoms with van der Waals surface area (Å²) in [6, 6.07) is 23.5. The topological polar surface area (TPSA) is 162 Å². The third-order valence-corrected chi connectivity index (χ3v) is 10.2. The lowest BCUT2D eigenvalue weighted by Gasteiger charge is -2.49. The number of aromatic nitrogens is 3. The highest BCUT2D eigenvalue weighted by Gasteiger charge is 2.55. The molecule has 1 unspecified atom stereocenters. The Morgan fingerprint density at radius 2 is 1.82 bits per heavy atom. The fourth-order valence-corrected chi connectivity index (χ4v) is 7.83. The summed E-state index contributed by atoms with van der Waals surface area (Å²) in [5.41, 5.74) is 8.75. The number of pyridine rings is 1. The summed E-state index contributed by atoms with van der Waals surface area (Å²) in [5.74, 6) is -1.04. The maximum atomic E-state index is 14.2. The summed E-state index contributed by atoms with van der Waals surface area (Å²) < 4.78 is 10.3. The Kier molecular flexibility index (Phi) is 11.4. The van der Waals surface area contributed by atoms with E-state index in [2.05, 4.69) is 31.4 Å². The Bertz CT molecular complexity index is 1900. The summed E-state index contributed by atoms with van der Waals surface area (Å²) in [6.45, 7) is 3.61. The van der Waals surface area contributed by atoms with Crippen molar-refractivity contribution < 1.29 is 24.0 Å². The highest BCUT2D eigenvalue weighted by Crippen LogP contribution is 2.42. The molecular weight excluding hydrogens is 695 g/mol. The quantitative estimate of drug-likeness (QED) is 0.0458. The number of β-lactam (4-membered cyclic amide) rings is 1. The van der Waals surface area contributed by atoms with Crippen molar-refractivity contribution in [3.63, 3.8) is 0 Å². The number of nitrogens with two attached hydrogens (primary N) is 1. The molecule has 2 atom stereocenters. The molecule has 1 saturated heterocycles. The van der Waals surface area contributed by atoms with Gasteiger partial charge in [0.05, 0.1) is 5.69 Å². The number of nitrogens with zero attached hydrogens (tertiary/aromatic N) is 5. The number of carbonyl (C=O) groups excluding carboxylic acids is 3. The molecule has 2 aromatic heterocycles. The molecule has 2 aliphatic rings. The second-order valence-corrected chi connectivity index (χ2v) is 13.6. The van der Waals surface area contributed by atoms with E-state index in [-0.39, 0.29) is 29.0 Å². The molecule has 0 aliphatic carbocycles. The average Bonchev–Trinajstić information content (AvgIpc) is 3.59. The zero-order chi connectivity index (χ0) is 34.9. The number of benzene rings is 2. The Hall–Kier alpha value is -5.25. The van der Waals surface area contributed by atoms with Gasteiger partial charge >= 0.3 is 5.97 Å². The predicted molar refractivity (Wildman–Crippen MR) is 196 cm³/mol. The van der Waals surface area contributed by atoms with E-state index in [1.807, 2.05) is 90.3 Å². The van der Waals surface area contributed by atoms with Crippen LogP contribution in [0.3, 0.4) is 0 Å². The smallest absolute Gasteiger partial charge is 0.356 e. The standard InChI is InChI=1S/C35H31N7O5S3/c1-2-18-46-40-26(30-39-35(36)50-41-30)31(43)38-27-32(44)42-28(24(21-49-33(27)42)20-48-19-16-25-15-9-10-17-37-25)34(45)47-29(22-11-5-3-6-12-22)23-13-7-4-8-14-23/h2-17,19,27,29,33H,1,18,20-21H2,(H,38,43)(H2,36,39,41)/b19-16+,40-26?/t27?,33-/m1/s1. The monoisotopic (exact) mass is 725 g/mol. The molecule has 12 nitrogen and oxygen atoms in total. The number of hydrogen-bond acceptors (Lipinski definition) is 13. The number of ether oxygens (including phenoxy) is 1. The number of nitrogen functional groups attached to an aromatic ring is 1. The van der Waals surface area contributed by atoms with Crippen LogP contribution in [0, 0.1) is 0 Å². The molecule has 50 heavy (non-hydrogen) atoms. The van der Waals surface area contributed by atoms with E-state index in [4.69, 9.17) is 15.3 Å². The number of fused-ring (bicyclic) bond motifs is 1. The Balaban J connectivity index is 1.26. The molecule has 2 aliphatic heterocycles. The summed E-state index contributed by atoms with van der Waals surface area (Å²) in [7, 11) is 0. The molecule has 15 heteroatoms. The van der Waals surface area contributed by atoms with Crippen molar-refractivity contribution in [1.82, 2.24) is 24.6 Å². The third kappa shape index (κ3) is 7.96. The molecule has 254 valence electrons. The predicted octanol–water partition coefficient (Wildman–Crippen LogP) is 4.81. The number of anilines is 1. The fraction of sp³-hybridized carbons (Fsp3) is 0.171. The van der Waals surface area contributed by atoms with E-state index in [9.17, 15) is 14.4 Å². The van der Waals surface area contributed by atoms with Crippen LogP contribution in [0.15, 0.2) is 120 Å². The summed E-state index contributed by atoms with van der Waals surface area (Å²) >= 11 is 3.80. The SMILES string of the molecule is C=CCON=C(C(=O)NC1C(=O)N2C(C(=O)OC(c3ccccc3)c3ccccc3)=C(CS/C=C/c3ccccn3)CS[C@H]12)c1nsc(N)n1. The molecule has 0 bridgehead atoms. The van der Waals surface area contributed by atoms with E-state index in [1.165, 1.54) is 34.5 Å². The summed E-state index contributed by atoms with van der Waals surface area (Å²) in [4.78, 5) is 56.5. The van der Waals surface area contributed by atoms with Crippen LogP contribution in [0.2, 0.25) is 0 Å². The van der Waals surface area contributed by atoms with Gasteiger partial charge in [0.2, 0.25) is 11.5 Å². The molecule has 1 fully saturated rings. The molecule has 0 saturated carbocycles. The van der Waals surface area contributed by atoms with Crippen LogP contribution >= 0.6 is 35.1 Å². The highest BCUT2D eigenvalue weighted by atomic mass is 32.2. The average molecular weight is 726 g/mol. The molecule has 6 rings (SSSR count). The minimum absolute atomic E-state index is 0.0338. The zero-order valence-electron chi connectivity index (χ0n) is 26.5. The van der Waals surface area contributed by atoms with Gasteiger partial charge in [-0.2, -0.15) is 9.36 Å². The maximum Gasteiger partial charge on any atom is 0.356 e. The molecular formula is C35H31N7O5S3. The van der Waals surface area contributed by atoms with E-state index < -0.39 is 35.3 Å². The number of nitrogens with one attached hydrogen (secondary N) is 1. The first-order valence-corrected chi connectivity index (χ1v) is 18.2. The van der Waals surface area contributed by atoms with Crippen LogP contribution in [-0.2, 0) is 24.0 Å². The van der Waals surface area contributed by atoms with Crippen molar-refractivity contribution in [1.29, 1.82) is 0 Å². The van der Waals surface area contributed by atoms with Crippen molar-refractivity contribution in [2.75, 3.05) is 23.8 Å². The van der Waals surface area contributed by atoms with Crippen molar-refractivity contribution in [2.24, 2.45) is 5.16 Å². The lowest BCUT2D eigenvalue weighted by atomic mass is 10.0. The molecule has 2 aromatic carbocycles. The van der Waals surface area contributed by atoms with Crippen molar-refractivity contribution >= 4 is 69.8 Å². The number of esters is 1. The second kappa shape index (κ2) is 16.4. The molecule has 3 N–H and O–H groups in total. The summed E-state index contributed by atoms with van der Waals surface area (Å²) in [6.07, 6.45) is 4.34. The second-order valence-electron chi connectivity index (χ2n) is 10.8. The van der Waals surface area contributed by atoms with E-state index >= 15 is 0 Å². The van der Waals surface area contributed by atoms with Crippen molar-refractivity contribution in [2.45, 2.75) is 17.5 Å². The minimum atomic E-state index is -0.965. The number of amides is 2. The van der Waals surface area contributed by atoms with Gasteiger partial charge in [-0.15, -0.1) is 23.5 Å². The van der Waals surface area contributed by atoms with E-state index in [0.29, 0.717) is 11.5 Å². The van der Waals surface area contributed by atoms with Gasteiger partial charge in [-0.25, -0.2) is 4.79 Å². The molecule has 4 heterocycles. The molecule has 0 radical (unpaired) electrons. The number of thioether (sulfide) groups is 2. The van der Waals surface area contributed by atoms with Crippen LogP contribution in [0.4, 0.5) is 5.13 Å². The molecule has 2 amide bonds. The number of rotatable bonds is 14. The Morgan fingerprint density at radius 3 is 2.46 bits per heavy atom. The first-order valence-electron chi connectivity index (χ1n) is 15.3. The van der Waals surface area contributed by atoms with Crippen molar-refractivity contribution in [3.8, 4) is 0 Å². The van der Waals surface area contributed by atoms with Gasteiger partial charge in [-0.1, -0.05) is 84.5 Å². The Morgan fingerprint density at radius 1 is 1.10 bits per heavy atom. The lowest BCUT2D eigenvalue weighted by Crippen LogP contribution is -2.71. The largest absolute Gasteiger partial charge is 0.448 e. The molecule has 0 spiro atoms. The fourth-order valence-electron chi connectivity index (χ4n) is 5.15. The van der Waals surface area contributed by atoms with Gasteiger partial charge in [-0.05, 0) is 40.3 Å². The van der Waals surface area contributed by atoms with Crippen LogP contribution in [-0.4, -0.2) is 72.3 Å². The van der Waals surface area contributed by atoms with Crippen LogP contribution in [0.1, 0.15) is 28.7 Å². The number of oxime groups is 1. The van der Waals surface area contributed by atoms with Gasteiger partial charge in [-0.3, -0.25) is 19.5 Å². The first-order chi connectivity index (χ1) is 24.4. The van der Waals surface area contributed by atoms with E-state index in [1.54, 1.807) is 6.20 Å².